The van der Waals surface area contributed by atoms with Gasteiger partial charge in [0.15, 0.2) is 5.82 Å². The molecule has 1 aromatic heterocycles. The van der Waals surface area contributed by atoms with Crippen molar-refractivity contribution in [2.24, 2.45) is 0 Å². The molecule has 1 aromatic rings. The van der Waals surface area contributed by atoms with Gasteiger partial charge in [-0.25, -0.2) is 9.97 Å². The van der Waals surface area contributed by atoms with E-state index in [0.717, 1.165) is 0 Å². The average molecular weight is 281 g/mol. The maximum atomic E-state index is 12.0. The molecule has 0 fully saturated rings. The fourth-order valence-corrected chi connectivity index (χ4v) is 1.55. The predicted molar refractivity (Wildman–Crippen MR) is 78.1 cm³/mol. The van der Waals surface area contributed by atoms with Crippen molar-refractivity contribution in [2.45, 2.75) is 45.9 Å². The normalized spacial score (nSPS) is 12.8. The minimum Gasteiger partial charge on any atom is -0.384 e. The zero-order valence-electron chi connectivity index (χ0n) is 12.7. The number of methoxy groups -OCH3 is 1. The highest BCUT2D eigenvalue weighted by molar-refractivity contribution is 5.84. The second-order valence-electron chi connectivity index (χ2n) is 5.63. The number of carbonyl (C=O) groups is 1. The van der Waals surface area contributed by atoms with Gasteiger partial charge < -0.3 is 21.1 Å². The van der Waals surface area contributed by atoms with E-state index in [4.69, 9.17) is 10.5 Å². The van der Waals surface area contributed by atoms with Crippen LogP contribution < -0.4 is 16.4 Å². The van der Waals surface area contributed by atoms with E-state index in [1.807, 2.05) is 20.8 Å². The molecule has 0 aromatic carbocycles. The smallest absolute Gasteiger partial charge is 0.242 e. The number of hydrogen-bond donors (Lipinski definition) is 3. The van der Waals surface area contributed by atoms with Crippen molar-refractivity contribution in [3.63, 3.8) is 0 Å². The number of nitrogens with one attached hydrogen (secondary N) is 2. The number of nitrogens with zero attached hydrogens (tertiary/aromatic N) is 2. The van der Waals surface area contributed by atoms with Crippen LogP contribution in [0, 0.1) is 0 Å². The molecule has 20 heavy (non-hydrogen) atoms. The highest BCUT2D eigenvalue weighted by Crippen LogP contribution is 2.11. The van der Waals surface area contributed by atoms with Crippen LogP contribution in [0.1, 0.15) is 33.5 Å². The Labute approximate surface area is 119 Å². The number of ether oxygens (including phenoxy) is 1. The quantitative estimate of drug-likeness (QED) is 0.741. The van der Waals surface area contributed by atoms with Crippen LogP contribution in [0.3, 0.4) is 0 Å². The van der Waals surface area contributed by atoms with Gasteiger partial charge in [-0.3, -0.25) is 4.79 Å². The standard InChI is InChI=1S/C13H23N5O2/c1-8(12(19)18-13(2,3)4)15-10-6-9(14)16-11(17-10)7-20-5/h6,8H,7H2,1-5H3,(H,18,19)(H3,14,15,16,17). The van der Waals surface area contributed by atoms with Gasteiger partial charge in [0.1, 0.15) is 24.3 Å². The number of carbonyl (C=O) groups excluding carboxylic acids is 1. The van der Waals surface area contributed by atoms with Gasteiger partial charge in [-0.2, -0.15) is 0 Å². The van der Waals surface area contributed by atoms with Crippen LogP contribution in [0.4, 0.5) is 11.6 Å². The molecule has 1 rings (SSSR count). The van der Waals surface area contributed by atoms with Crippen molar-refractivity contribution in [1.82, 2.24) is 15.3 Å². The summed E-state index contributed by atoms with van der Waals surface area (Å²) in [5, 5.41) is 5.90. The third-order valence-electron chi connectivity index (χ3n) is 2.32. The number of aromatic nitrogens is 2. The number of amides is 1. The molecule has 7 nitrogen and oxygen atoms in total. The number of nitrogen functional groups attached to an aromatic ring is 1. The molecule has 1 amide bonds. The van der Waals surface area contributed by atoms with E-state index in [9.17, 15) is 4.79 Å². The van der Waals surface area contributed by atoms with Crippen molar-refractivity contribution >= 4 is 17.5 Å². The minimum atomic E-state index is -0.432. The maximum Gasteiger partial charge on any atom is 0.242 e. The molecule has 7 heteroatoms. The zero-order chi connectivity index (χ0) is 15.3. The highest BCUT2D eigenvalue weighted by atomic mass is 16.5. The Kier molecular flexibility index (Phi) is 5.26. The van der Waals surface area contributed by atoms with E-state index < -0.39 is 6.04 Å². The summed E-state index contributed by atoms with van der Waals surface area (Å²) < 4.78 is 4.97. The number of anilines is 2. The van der Waals surface area contributed by atoms with Gasteiger partial charge in [0.25, 0.3) is 0 Å². The maximum absolute atomic E-state index is 12.0. The summed E-state index contributed by atoms with van der Waals surface area (Å²) in [5.41, 5.74) is 5.42. The second kappa shape index (κ2) is 6.51. The Hall–Kier alpha value is -1.89. The number of hydrogen-bond acceptors (Lipinski definition) is 6. The SMILES string of the molecule is COCc1nc(N)cc(NC(C)C(=O)NC(C)(C)C)n1. The van der Waals surface area contributed by atoms with Gasteiger partial charge >= 0.3 is 0 Å². The van der Waals surface area contributed by atoms with Crippen LogP contribution >= 0.6 is 0 Å². The molecule has 0 aliphatic rings. The Morgan fingerprint density at radius 3 is 2.65 bits per heavy atom. The summed E-state index contributed by atoms with van der Waals surface area (Å²) in [6, 6.07) is 1.15. The Morgan fingerprint density at radius 1 is 1.45 bits per heavy atom. The number of rotatable bonds is 5. The van der Waals surface area contributed by atoms with Crippen molar-refractivity contribution in [3.8, 4) is 0 Å². The van der Waals surface area contributed by atoms with Crippen molar-refractivity contribution in [3.05, 3.63) is 11.9 Å². The van der Waals surface area contributed by atoms with E-state index in [1.165, 1.54) is 0 Å². The second-order valence-corrected chi connectivity index (χ2v) is 5.63. The molecule has 1 unspecified atom stereocenters. The van der Waals surface area contributed by atoms with Gasteiger partial charge in [-0.05, 0) is 27.7 Å². The first-order valence-electron chi connectivity index (χ1n) is 6.42. The molecule has 4 N–H and O–H groups in total. The lowest BCUT2D eigenvalue weighted by molar-refractivity contribution is -0.122. The van der Waals surface area contributed by atoms with E-state index in [-0.39, 0.29) is 18.1 Å². The molecule has 1 heterocycles. The third kappa shape index (κ3) is 5.40. The molecule has 0 saturated carbocycles. The Balaban J connectivity index is 2.74. The lowest BCUT2D eigenvalue weighted by atomic mass is 10.1. The van der Waals surface area contributed by atoms with Crippen molar-refractivity contribution in [2.75, 3.05) is 18.2 Å². The van der Waals surface area contributed by atoms with E-state index in [2.05, 4.69) is 20.6 Å². The topological polar surface area (TPSA) is 102 Å². The predicted octanol–water partition coefficient (Wildman–Crippen LogP) is 0.920. The van der Waals surface area contributed by atoms with Crippen LogP contribution in [-0.4, -0.2) is 34.6 Å². The molecule has 0 radical (unpaired) electrons. The number of nitrogens with two attached hydrogens (primary N) is 1. The molecule has 0 spiro atoms. The third-order valence-corrected chi connectivity index (χ3v) is 2.32. The fraction of sp³-hybridized carbons (Fsp3) is 0.615. The van der Waals surface area contributed by atoms with Gasteiger partial charge in [0, 0.05) is 18.7 Å². The molecule has 0 bridgehead atoms. The van der Waals surface area contributed by atoms with Crippen molar-refractivity contribution in [1.29, 1.82) is 0 Å². The monoisotopic (exact) mass is 281 g/mol. The first kappa shape index (κ1) is 16.2. The zero-order valence-corrected chi connectivity index (χ0v) is 12.7. The van der Waals surface area contributed by atoms with Crippen molar-refractivity contribution < 1.29 is 9.53 Å². The molecule has 0 aliphatic heterocycles. The summed E-state index contributed by atoms with van der Waals surface area (Å²) in [5.74, 6) is 1.19. The molecule has 0 saturated heterocycles. The first-order chi connectivity index (χ1) is 9.21. The van der Waals surface area contributed by atoms with E-state index >= 15 is 0 Å². The van der Waals surface area contributed by atoms with Gasteiger partial charge in [0.2, 0.25) is 5.91 Å². The van der Waals surface area contributed by atoms with E-state index in [0.29, 0.717) is 17.5 Å². The van der Waals surface area contributed by atoms with Gasteiger partial charge in [0.05, 0.1) is 0 Å². The molecular weight excluding hydrogens is 258 g/mol. The molecule has 1 atom stereocenters. The molecule has 112 valence electrons. The lowest BCUT2D eigenvalue weighted by Crippen LogP contribution is -2.47. The van der Waals surface area contributed by atoms with Crippen LogP contribution in [-0.2, 0) is 16.1 Å². The summed E-state index contributed by atoms with van der Waals surface area (Å²) in [4.78, 5) is 20.3. The van der Waals surface area contributed by atoms with Crippen LogP contribution in [0.2, 0.25) is 0 Å². The largest absolute Gasteiger partial charge is 0.384 e. The first-order valence-corrected chi connectivity index (χ1v) is 6.42. The summed E-state index contributed by atoms with van der Waals surface area (Å²) in [6.45, 7) is 7.81. The van der Waals surface area contributed by atoms with Crippen LogP contribution in [0.15, 0.2) is 6.07 Å². The lowest BCUT2D eigenvalue weighted by Gasteiger charge is -2.24. The summed E-state index contributed by atoms with van der Waals surface area (Å²) >= 11 is 0. The van der Waals surface area contributed by atoms with Crippen LogP contribution in [0.25, 0.3) is 0 Å². The fourth-order valence-electron chi connectivity index (χ4n) is 1.55. The minimum absolute atomic E-state index is 0.108. The molecule has 0 aliphatic carbocycles. The Morgan fingerprint density at radius 2 is 2.10 bits per heavy atom. The average Bonchev–Trinajstić information content (AvgIpc) is 2.26. The van der Waals surface area contributed by atoms with Gasteiger partial charge in [-0.1, -0.05) is 0 Å². The summed E-state index contributed by atoms with van der Waals surface area (Å²) in [7, 11) is 1.55. The van der Waals surface area contributed by atoms with Crippen LogP contribution in [0.5, 0.6) is 0 Å². The van der Waals surface area contributed by atoms with Gasteiger partial charge in [-0.15, -0.1) is 0 Å². The summed E-state index contributed by atoms with van der Waals surface area (Å²) in [6.07, 6.45) is 0. The van der Waals surface area contributed by atoms with E-state index in [1.54, 1.807) is 20.1 Å². The molecular formula is C13H23N5O2. The Bertz CT molecular complexity index is 470. The highest BCUT2D eigenvalue weighted by Gasteiger charge is 2.19.